The van der Waals surface area contributed by atoms with Gasteiger partial charge < -0.3 is 4.90 Å². The number of nitrogens with zero attached hydrogens (tertiary/aromatic N) is 1. The van der Waals surface area contributed by atoms with Crippen LogP contribution in [0.25, 0.3) is 10.8 Å². The summed E-state index contributed by atoms with van der Waals surface area (Å²) < 4.78 is 0. The highest BCUT2D eigenvalue weighted by molar-refractivity contribution is 6.05. The number of likely N-dealkylation sites (tertiary alicyclic amines) is 1. The van der Waals surface area contributed by atoms with Crippen molar-refractivity contribution in [3.05, 3.63) is 48.0 Å². The molecule has 1 saturated heterocycles. The number of amides is 1. The highest BCUT2D eigenvalue weighted by Gasteiger charge is 2.31. The first-order valence-corrected chi connectivity index (χ1v) is 6.45. The van der Waals surface area contributed by atoms with Crippen LogP contribution < -0.4 is 0 Å². The Morgan fingerprint density at radius 2 is 1.79 bits per heavy atom. The van der Waals surface area contributed by atoms with Gasteiger partial charge in [0.25, 0.3) is 0 Å². The number of fused-ring (bicyclic) bond motifs is 1. The van der Waals surface area contributed by atoms with Crippen LogP contribution in [0.3, 0.4) is 0 Å². The SMILES string of the molecule is CC(c1cccc2ccccc12)N1CC(=O)CC1=O. The standard InChI is InChI=1S/C16H15NO2/c1-11(17-10-13(18)9-16(17)19)14-8-4-6-12-5-2-3-7-15(12)14/h2-8,11H,9-10H2,1H3. The van der Waals surface area contributed by atoms with E-state index in [4.69, 9.17) is 0 Å². The Labute approximate surface area is 111 Å². The van der Waals surface area contributed by atoms with Gasteiger partial charge in [0.05, 0.1) is 19.0 Å². The van der Waals surface area contributed by atoms with Crippen molar-refractivity contribution in [1.29, 1.82) is 0 Å². The van der Waals surface area contributed by atoms with Gasteiger partial charge in [0.2, 0.25) is 5.91 Å². The first-order valence-electron chi connectivity index (χ1n) is 6.45. The summed E-state index contributed by atoms with van der Waals surface area (Å²) in [6.07, 6.45) is 0.0507. The summed E-state index contributed by atoms with van der Waals surface area (Å²) in [4.78, 5) is 24.9. The first-order chi connectivity index (χ1) is 9.16. The maximum Gasteiger partial charge on any atom is 0.230 e. The highest BCUT2D eigenvalue weighted by Crippen LogP contribution is 2.30. The van der Waals surface area contributed by atoms with Crippen LogP contribution in [-0.2, 0) is 9.59 Å². The third-order valence-electron chi connectivity index (χ3n) is 3.76. The molecule has 3 heteroatoms. The van der Waals surface area contributed by atoms with Gasteiger partial charge in [0, 0.05) is 0 Å². The molecule has 0 bridgehead atoms. The van der Waals surface area contributed by atoms with Gasteiger partial charge in [-0.1, -0.05) is 42.5 Å². The summed E-state index contributed by atoms with van der Waals surface area (Å²) in [5, 5.41) is 2.30. The minimum atomic E-state index is -0.0648. The van der Waals surface area contributed by atoms with E-state index in [1.165, 1.54) is 0 Å². The summed E-state index contributed by atoms with van der Waals surface area (Å²) in [6.45, 7) is 2.22. The Hall–Kier alpha value is -2.16. The number of benzene rings is 2. The van der Waals surface area contributed by atoms with E-state index in [0.717, 1.165) is 16.3 Å². The van der Waals surface area contributed by atoms with Crippen molar-refractivity contribution >= 4 is 22.5 Å². The number of rotatable bonds is 2. The summed E-state index contributed by atoms with van der Waals surface area (Å²) in [5.41, 5.74) is 1.10. The Kier molecular flexibility index (Phi) is 2.82. The zero-order valence-corrected chi connectivity index (χ0v) is 10.8. The molecule has 1 amide bonds. The number of Topliss-reactive ketones (excluding diaryl/α,β-unsaturated/α-hetero) is 1. The molecule has 0 aromatic heterocycles. The van der Waals surface area contributed by atoms with Gasteiger partial charge in [-0.2, -0.15) is 0 Å². The van der Waals surface area contributed by atoms with Crippen molar-refractivity contribution in [3.63, 3.8) is 0 Å². The fourth-order valence-corrected chi connectivity index (χ4v) is 2.74. The molecule has 3 nitrogen and oxygen atoms in total. The van der Waals surface area contributed by atoms with Crippen molar-refractivity contribution in [2.75, 3.05) is 6.54 Å². The smallest absolute Gasteiger partial charge is 0.230 e. The lowest BCUT2D eigenvalue weighted by atomic mass is 9.99. The van der Waals surface area contributed by atoms with Crippen molar-refractivity contribution < 1.29 is 9.59 Å². The van der Waals surface area contributed by atoms with E-state index in [1.54, 1.807) is 4.90 Å². The Morgan fingerprint density at radius 1 is 1.05 bits per heavy atom. The second-order valence-electron chi connectivity index (χ2n) is 4.98. The Morgan fingerprint density at radius 3 is 2.53 bits per heavy atom. The average molecular weight is 253 g/mol. The van der Waals surface area contributed by atoms with Crippen LogP contribution in [0.4, 0.5) is 0 Å². The zero-order chi connectivity index (χ0) is 13.4. The Balaban J connectivity index is 2.04. The molecule has 0 aliphatic carbocycles. The summed E-state index contributed by atoms with van der Waals surface area (Å²) >= 11 is 0. The van der Waals surface area contributed by atoms with Crippen LogP contribution in [0.5, 0.6) is 0 Å². The molecule has 19 heavy (non-hydrogen) atoms. The second kappa shape index (κ2) is 4.50. The van der Waals surface area contributed by atoms with E-state index < -0.39 is 0 Å². The molecule has 0 radical (unpaired) electrons. The first kappa shape index (κ1) is 11.9. The van der Waals surface area contributed by atoms with E-state index in [-0.39, 0.29) is 30.7 Å². The van der Waals surface area contributed by atoms with Crippen LogP contribution in [0.2, 0.25) is 0 Å². The van der Waals surface area contributed by atoms with E-state index in [1.807, 2.05) is 31.2 Å². The topological polar surface area (TPSA) is 37.4 Å². The minimum Gasteiger partial charge on any atom is -0.328 e. The summed E-state index contributed by atoms with van der Waals surface area (Å²) in [6, 6.07) is 14.1. The number of hydrogen-bond donors (Lipinski definition) is 0. The van der Waals surface area contributed by atoms with Gasteiger partial charge >= 0.3 is 0 Å². The molecule has 1 fully saturated rings. The molecule has 1 aliphatic rings. The largest absolute Gasteiger partial charge is 0.328 e. The zero-order valence-electron chi connectivity index (χ0n) is 10.8. The third kappa shape index (κ3) is 2.01. The molecule has 2 aromatic carbocycles. The van der Waals surface area contributed by atoms with Gasteiger partial charge in [-0.25, -0.2) is 0 Å². The molecular formula is C16H15NO2. The minimum absolute atomic E-state index is 0.0112. The molecule has 0 spiro atoms. The normalized spacial score (nSPS) is 17.2. The lowest BCUT2D eigenvalue weighted by molar-refractivity contribution is -0.129. The maximum atomic E-state index is 11.8. The van der Waals surface area contributed by atoms with Gasteiger partial charge in [-0.15, -0.1) is 0 Å². The highest BCUT2D eigenvalue weighted by atomic mass is 16.2. The number of ketones is 1. The Bertz CT molecular complexity index is 657. The molecule has 1 unspecified atom stereocenters. The van der Waals surface area contributed by atoms with E-state index >= 15 is 0 Å². The lowest BCUT2D eigenvalue weighted by Gasteiger charge is -2.25. The number of hydrogen-bond acceptors (Lipinski definition) is 2. The lowest BCUT2D eigenvalue weighted by Crippen LogP contribution is -2.28. The van der Waals surface area contributed by atoms with Crippen molar-refractivity contribution in [1.82, 2.24) is 4.90 Å². The van der Waals surface area contributed by atoms with Gasteiger partial charge in [-0.05, 0) is 23.3 Å². The molecule has 1 atom stereocenters. The third-order valence-corrected chi connectivity index (χ3v) is 3.76. The van der Waals surface area contributed by atoms with Crippen molar-refractivity contribution in [3.8, 4) is 0 Å². The summed E-state index contributed by atoms with van der Waals surface area (Å²) in [5.74, 6) is -0.0532. The van der Waals surface area contributed by atoms with Gasteiger partial charge in [0.1, 0.15) is 0 Å². The molecule has 1 aliphatic heterocycles. The van der Waals surface area contributed by atoms with E-state index in [9.17, 15) is 9.59 Å². The van der Waals surface area contributed by atoms with Crippen molar-refractivity contribution in [2.45, 2.75) is 19.4 Å². The monoisotopic (exact) mass is 253 g/mol. The predicted molar refractivity (Wildman–Crippen MR) is 73.7 cm³/mol. The van der Waals surface area contributed by atoms with E-state index in [2.05, 4.69) is 18.2 Å². The summed E-state index contributed by atoms with van der Waals surface area (Å²) in [7, 11) is 0. The van der Waals surface area contributed by atoms with Crippen LogP contribution >= 0.6 is 0 Å². The number of carbonyl (C=O) groups is 2. The molecule has 3 rings (SSSR count). The molecule has 2 aromatic rings. The molecule has 0 N–H and O–H groups in total. The maximum absolute atomic E-state index is 11.8. The van der Waals surface area contributed by atoms with Crippen LogP contribution in [-0.4, -0.2) is 23.1 Å². The predicted octanol–water partition coefficient (Wildman–Crippen LogP) is 2.70. The molecule has 0 saturated carbocycles. The van der Waals surface area contributed by atoms with E-state index in [0.29, 0.717) is 0 Å². The fraction of sp³-hybridized carbons (Fsp3) is 0.250. The molecule has 96 valence electrons. The van der Waals surface area contributed by atoms with Crippen LogP contribution in [0.15, 0.2) is 42.5 Å². The van der Waals surface area contributed by atoms with Gasteiger partial charge in [0.15, 0.2) is 5.78 Å². The van der Waals surface area contributed by atoms with Gasteiger partial charge in [-0.3, -0.25) is 9.59 Å². The average Bonchev–Trinajstić information content (AvgIpc) is 2.76. The van der Waals surface area contributed by atoms with Crippen LogP contribution in [0, 0.1) is 0 Å². The molecule has 1 heterocycles. The second-order valence-corrected chi connectivity index (χ2v) is 4.98. The number of carbonyl (C=O) groups excluding carboxylic acids is 2. The van der Waals surface area contributed by atoms with Crippen LogP contribution in [0.1, 0.15) is 24.9 Å². The molecular weight excluding hydrogens is 238 g/mol. The van der Waals surface area contributed by atoms with Crippen molar-refractivity contribution in [2.24, 2.45) is 0 Å². The quantitative estimate of drug-likeness (QED) is 0.772. The fourth-order valence-electron chi connectivity index (χ4n) is 2.74.